The van der Waals surface area contributed by atoms with Crippen LogP contribution in [0, 0.1) is 0 Å². The van der Waals surface area contributed by atoms with Crippen molar-refractivity contribution in [1.82, 2.24) is 10.6 Å². The summed E-state index contributed by atoms with van der Waals surface area (Å²) in [6.07, 6.45) is 1.46. The van der Waals surface area contributed by atoms with Gasteiger partial charge in [0.1, 0.15) is 0 Å². The predicted molar refractivity (Wildman–Crippen MR) is 120 cm³/mol. The molecule has 2 heterocycles. The summed E-state index contributed by atoms with van der Waals surface area (Å²) >= 11 is 1.77. The van der Waals surface area contributed by atoms with Crippen molar-refractivity contribution in [2.24, 2.45) is 4.99 Å². The minimum atomic E-state index is 0. The van der Waals surface area contributed by atoms with Crippen LogP contribution in [0.25, 0.3) is 0 Å². The second-order valence-corrected chi connectivity index (χ2v) is 7.04. The molecule has 0 bridgehead atoms. The van der Waals surface area contributed by atoms with Crippen LogP contribution in [-0.2, 0) is 11.2 Å². The number of thiophene rings is 1. The number of hydrogen-bond donors (Lipinski definition) is 3. The molecule has 140 valence electrons. The highest BCUT2D eigenvalue weighted by Crippen LogP contribution is 2.31. The van der Waals surface area contributed by atoms with E-state index in [9.17, 15) is 4.79 Å². The maximum Gasteiger partial charge on any atom is 0.225 e. The van der Waals surface area contributed by atoms with Crippen LogP contribution in [0.4, 0.5) is 5.69 Å². The summed E-state index contributed by atoms with van der Waals surface area (Å²) in [5.74, 6) is 0.995. The lowest BCUT2D eigenvalue weighted by Crippen LogP contribution is -2.38. The summed E-state index contributed by atoms with van der Waals surface area (Å²) in [6.45, 7) is 4.30. The minimum absolute atomic E-state index is 0. The fraction of sp³-hybridized carbons (Fsp3) is 0.368. The second-order valence-electron chi connectivity index (χ2n) is 6.01. The van der Waals surface area contributed by atoms with Crippen molar-refractivity contribution in [3.05, 3.63) is 52.2 Å². The quantitative estimate of drug-likeness (QED) is 0.334. The Labute approximate surface area is 175 Å². The maximum atomic E-state index is 11.9. The van der Waals surface area contributed by atoms with E-state index in [4.69, 9.17) is 4.99 Å². The number of carbonyl (C=O) groups excluding carboxylic acids is 1. The third-order valence-corrected chi connectivity index (χ3v) is 5.10. The van der Waals surface area contributed by atoms with E-state index in [1.807, 2.05) is 18.2 Å². The van der Waals surface area contributed by atoms with Crippen LogP contribution in [0.15, 0.2) is 46.8 Å². The van der Waals surface area contributed by atoms with Gasteiger partial charge >= 0.3 is 0 Å². The molecular formula is C19H25IN4OS. The van der Waals surface area contributed by atoms with Gasteiger partial charge in [-0.25, -0.2) is 0 Å². The van der Waals surface area contributed by atoms with E-state index in [1.165, 1.54) is 10.4 Å². The number of amides is 1. The normalized spacial score (nSPS) is 16.3. The van der Waals surface area contributed by atoms with Gasteiger partial charge in [-0.15, -0.1) is 35.3 Å². The number of nitrogens with zero attached hydrogens (tertiary/aromatic N) is 1. The van der Waals surface area contributed by atoms with E-state index < -0.39 is 0 Å². The Morgan fingerprint density at radius 2 is 2.12 bits per heavy atom. The van der Waals surface area contributed by atoms with Gasteiger partial charge in [0, 0.05) is 36.0 Å². The highest BCUT2D eigenvalue weighted by Gasteiger charge is 2.24. The molecule has 7 heteroatoms. The van der Waals surface area contributed by atoms with Crippen LogP contribution in [0.5, 0.6) is 0 Å². The van der Waals surface area contributed by atoms with Crippen LogP contribution in [-0.4, -0.2) is 31.5 Å². The molecule has 2 aromatic rings. The molecule has 3 rings (SSSR count). The molecule has 1 atom stereocenters. The molecule has 0 saturated heterocycles. The number of para-hydroxylation sites is 1. The Balaban J connectivity index is 0.00000243. The molecule has 0 radical (unpaired) electrons. The number of hydrogen-bond acceptors (Lipinski definition) is 3. The zero-order valence-electron chi connectivity index (χ0n) is 14.8. The highest BCUT2D eigenvalue weighted by molar-refractivity contribution is 14.0. The average molecular weight is 484 g/mol. The largest absolute Gasteiger partial charge is 0.357 e. The molecule has 0 spiro atoms. The molecule has 1 unspecified atom stereocenters. The van der Waals surface area contributed by atoms with E-state index in [0.29, 0.717) is 13.0 Å². The lowest BCUT2D eigenvalue weighted by Gasteiger charge is -2.24. The zero-order chi connectivity index (χ0) is 17.5. The summed E-state index contributed by atoms with van der Waals surface area (Å²) in [7, 11) is 0. The molecule has 5 nitrogen and oxygen atoms in total. The lowest BCUT2D eigenvalue weighted by atomic mass is 9.91. The first-order chi connectivity index (χ1) is 12.3. The number of halogens is 1. The van der Waals surface area contributed by atoms with Gasteiger partial charge in [-0.2, -0.15) is 0 Å². The van der Waals surface area contributed by atoms with Gasteiger partial charge in [-0.05, 0) is 36.4 Å². The van der Waals surface area contributed by atoms with E-state index in [1.54, 1.807) is 11.3 Å². The number of aliphatic imine (C=N–C) groups is 1. The maximum absolute atomic E-state index is 11.9. The van der Waals surface area contributed by atoms with E-state index in [2.05, 4.69) is 46.5 Å². The number of guanidine groups is 1. The van der Waals surface area contributed by atoms with Crippen molar-refractivity contribution in [1.29, 1.82) is 0 Å². The molecule has 0 aliphatic carbocycles. The topological polar surface area (TPSA) is 65.5 Å². The van der Waals surface area contributed by atoms with Crippen molar-refractivity contribution in [3.8, 4) is 0 Å². The number of rotatable bonds is 6. The molecule has 1 aromatic carbocycles. The first kappa shape index (κ1) is 20.7. The van der Waals surface area contributed by atoms with Crippen LogP contribution in [0.1, 0.15) is 29.7 Å². The standard InChI is InChI=1S/C19H24N4OS.HI/c1-2-20-19(21-10-9-15-6-5-11-25-15)22-13-14-12-18(24)23-17-8-4-3-7-16(14)17;/h3-8,11,14H,2,9-10,12-13H2,1H3,(H,23,24)(H2,20,21,22);1H. The van der Waals surface area contributed by atoms with Crippen LogP contribution >= 0.6 is 35.3 Å². The number of anilines is 1. The van der Waals surface area contributed by atoms with E-state index in [-0.39, 0.29) is 35.8 Å². The predicted octanol–water partition coefficient (Wildman–Crippen LogP) is 3.59. The lowest BCUT2D eigenvalue weighted by molar-refractivity contribution is -0.116. The van der Waals surface area contributed by atoms with E-state index in [0.717, 1.165) is 31.2 Å². The minimum Gasteiger partial charge on any atom is -0.357 e. The first-order valence-electron chi connectivity index (χ1n) is 8.69. The Bertz CT molecular complexity index is 733. The third kappa shape index (κ3) is 5.70. The molecule has 0 saturated carbocycles. The van der Waals surface area contributed by atoms with Gasteiger partial charge in [-0.3, -0.25) is 9.79 Å². The molecule has 0 fully saturated rings. The molecule has 1 amide bonds. The Morgan fingerprint density at radius 3 is 2.88 bits per heavy atom. The second kappa shape index (κ2) is 10.5. The van der Waals surface area contributed by atoms with E-state index >= 15 is 0 Å². The number of fused-ring (bicyclic) bond motifs is 1. The SMILES string of the molecule is CCNC(=NCC1CC(=O)Nc2ccccc21)NCCc1cccs1.I. The molecule has 1 aliphatic rings. The summed E-state index contributed by atoms with van der Waals surface area (Å²) < 4.78 is 0. The zero-order valence-corrected chi connectivity index (χ0v) is 18.0. The fourth-order valence-electron chi connectivity index (χ4n) is 2.97. The molecule has 3 N–H and O–H groups in total. The third-order valence-electron chi connectivity index (χ3n) is 4.16. The number of carbonyl (C=O) groups is 1. The van der Waals surface area contributed by atoms with Gasteiger partial charge in [-0.1, -0.05) is 24.3 Å². The fourth-order valence-corrected chi connectivity index (χ4v) is 3.68. The van der Waals surface area contributed by atoms with Crippen molar-refractivity contribution < 1.29 is 4.79 Å². The first-order valence-corrected chi connectivity index (χ1v) is 9.57. The highest BCUT2D eigenvalue weighted by atomic mass is 127. The Morgan fingerprint density at radius 1 is 1.27 bits per heavy atom. The van der Waals surface area contributed by atoms with Crippen LogP contribution in [0.3, 0.4) is 0 Å². The Hall–Kier alpha value is -1.61. The summed E-state index contributed by atoms with van der Waals surface area (Å²) in [5.41, 5.74) is 2.08. The Kier molecular flexibility index (Phi) is 8.37. The van der Waals surface area contributed by atoms with Crippen LogP contribution < -0.4 is 16.0 Å². The van der Waals surface area contributed by atoms with Gasteiger partial charge < -0.3 is 16.0 Å². The monoisotopic (exact) mass is 484 g/mol. The molecule has 1 aromatic heterocycles. The van der Waals surface area contributed by atoms with Crippen molar-refractivity contribution in [3.63, 3.8) is 0 Å². The van der Waals surface area contributed by atoms with Crippen LogP contribution in [0.2, 0.25) is 0 Å². The number of nitrogens with one attached hydrogen (secondary N) is 3. The molecular weight excluding hydrogens is 459 g/mol. The van der Waals surface area contributed by atoms with Gasteiger partial charge in [0.05, 0.1) is 6.54 Å². The smallest absolute Gasteiger partial charge is 0.225 e. The molecule has 26 heavy (non-hydrogen) atoms. The van der Waals surface area contributed by atoms with Crippen molar-refractivity contribution in [2.75, 3.05) is 25.0 Å². The van der Waals surface area contributed by atoms with Gasteiger partial charge in [0.15, 0.2) is 5.96 Å². The summed E-state index contributed by atoms with van der Waals surface area (Å²) in [5, 5.41) is 11.7. The van der Waals surface area contributed by atoms with Crippen molar-refractivity contribution >= 4 is 52.9 Å². The average Bonchev–Trinajstić information content (AvgIpc) is 3.12. The molecule has 1 aliphatic heterocycles. The van der Waals surface area contributed by atoms with Gasteiger partial charge in [0.2, 0.25) is 5.91 Å². The summed E-state index contributed by atoms with van der Waals surface area (Å²) in [4.78, 5) is 18.0. The van der Waals surface area contributed by atoms with Gasteiger partial charge in [0.25, 0.3) is 0 Å². The number of benzene rings is 1. The summed E-state index contributed by atoms with van der Waals surface area (Å²) in [6, 6.07) is 12.2. The van der Waals surface area contributed by atoms with Crippen molar-refractivity contribution in [2.45, 2.75) is 25.7 Å².